The molecule has 0 aromatic rings. The SMILES string of the molecule is CC1CC(O)(CC2CC2)C1C. The van der Waals surface area contributed by atoms with Crippen molar-refractivity contribution in [3.8, 4) is 0 Å². The van der Waals surface area contributed by atoms with Crippen LogP contribution in [-0.2, 0) is 0 Å². The molecule has 2 rings (SSSR count). The first-order valence-corrected chi connectivity index (χ1v) is 4.84. The number of rotatable bonds is 2. The quantitative estimate of drug-likeness (QED) is 0.646. The molecule has 0 aromatic carbocycles. The van der Waals surface area contributed by atoms with Crippen LogP contribution in [0.15, 0.2) is 0 Å². The van der Waals surface area contributed by atoms with Gasteiger partial charge in [-0.1, -0.05) is 26.7 Å². The van der Waals surface area contributed by atoms with Crippen molar-refractivity contribution in [3.05, 3.63) is 0 Å². The van der Waals surface area contributed by atoms with Gasteiger partial charge in [-0.3, -0.25) is 0 Å². The molecular formula is C10H18O. The van der Waals surface area contributed by atoms with Crippen LogP contribution < -0.4 is 0 Å². The first kappa shape index (κ1) is 7.60. The highest BCUT2D eigenvalue weighted by Crippen LogP contribution is 2.50. The van der Waals surface area contributed by atoms with E-state index in [-0.39, 0.29) is 5.60 Å². The second kappa shape index (κ2) is 2.22. The Morgan fingerprint density at radius 1 is 1.36 bits per heavy atom. The van der Waals surface area contributed by atoms with Crippen molar-refractivity contribution in [2.45, 2.75) is 45.1 Å². The maximum Gasteiger partial charge on any atom is 0.0681 e. The molecule has 64 valence electrons. The van der Waals surface area contributed by atoms with Gasteiger partial charge in [-0.25, -0.2) is 0 Å². The molecule has 0 radical (unpaired) electrons. The summed E-state index contributed by atoms with van der Waals surface area (Å²) in [5, 5.41) is 10.1. The maximum atomic E-state index is 10.1. The summed E-state index contributed by atoms with van der Waals surface area (Å²) in [4.78, 5) is 0. The van der Waals surface area contributed by atoms with E-state index in [9.17, 15) is 5.11 Å². The third-order valence-corrected chi connectivity index (χ3v) is 3.72. The van der Waals surface area contributed by atoms with Gasteiger partial charge in [0.05, 0.1) is 5.60 Å². The van der Waals surface area contributed by atoms with E-state index in [2.05, 4.69) is 13.8 Å². The lowest BCUT2D eigenvalue weighted by molar-refractivity contribution is -0.132. The van der Waals surface area contributed by atoms with Crippen LogP contribution in [-0.4, -0.2) is 10.7 Å². The summed E-state index contributed by atoms with van der Waals surface area (Å²) in [5.74, 6) is 2.16. The summed E-state index contributed by atoms with van der Waals surface area (Å²) in [5.41, 5.74) is -0.263. The van der Waals surface area contributed by atoms with Gasteiger partial charge in [0.1, 0.15) is 0 Å². The number of hydrogen-bond acceptors (Lipinski definition) is 1. The van der Waals surface area contributed by atoms with Gasteiger partial charge in [0, 0.05) is 0 Å². The Labute approximate surface area is 68.8 Å². The average molecular weight is 154 g/mol. The van der Waals surface area contributed by atoms with E-state index in [0.717, 1.165) is 24.7 Å². The summed E-state index contributed by atoms with van der Waals surface area (Å²) in [6.45, 7) is 4.43. The van der Waals surface area contributed by atoms with Crippen LogP contribution in [0.25, 0.3) is 0 Å². The fourth-order valence-corrected chi connectivity index (χ4v) is 2.38. The Hall–Kier alpha value is -0.0400. The molecule has 0 aromatic heterocycles. The fourth-order valence-electron chi connectivity index (χ4n) is 2.38. The molecule has 1 nitrogen and oxygen atoms in total. The van der Waals surface area contributed by atoms with Gasteiger partial charge in [0.15, 0.2) is 0 Å². The summed E-state index contributed by atoms with van der Waals surface area (Å²) < 4.78 is 0. The smallest absolute Gasteiger partial charge is 0.0681 e. The Morgan fingerprint density at radius 2 is 2.00 bits per heavy atom. The Balaban J connectivity index is 1.89. The van der Waals surface area contributed by atoms with Crippen LogP contribution in [0.4, 0.5) is 0 Å². The van der Waals surface area contributed by atoms with Gasteiger partial charge in [-0.2, -0.15) is 0 Å². The van der Waals surface area contributed by atoms with Crippen molar-refractivity contribution in [2.24, 2.45) is 17.8 Å². The first-order chi connectivity index (χ1) is 5.12. The topological polar surface area (TPSA) is 20.2 Å². The molecular weight excluding hydrogens is 136 g/mol. The van der Waals surface area contributed by atoms with E-state index in [1.807, 2.05) is 0 Å². The summed E-state index contributed by atoms with van der Waals surface area (Å²) >= 11 is 0. The van der Waals surface area contributed by atoms with E-state index >= 15 is 0 Å². The Morgan fingerprint density at radius 3 is 2.36 bits per heavy atom. The first-order valence-electron chi connectivity index (χ1n) is 4.84. The van der Waals surface area contributed by atoms with E-state index in [4.69, 9.17) is 0 Å². The molecule has 0 aliphatic heterocycles. The molecule has 1 N–H and O–H groups in total. The molecule has 1 heteroatoms. The molecule has 3 unspecified atom stereocenters. The van der Waals surface area contributed by atoms with Gasteiger partial charge in [0.25, 0.3) is 0 Å². The summed E-state index contributed by atoms with van der Waals surface area (Å²) in [7, 11) is 0. The van der Waals surface area contributed by atoms with E-state index in [1.165, 1.54) is 12.8 Å². The van der Waals surface area contributed by atoms with Crippen molar-refractivity contribution in [2.75, 3.05) is 0 Å². The fraction of sp³-hybridized carbons (Fsp3) is 1.00. The highest BCUT2D eigenvalue weighted by molar-refractivity contribution is 5.00. The average Bonchev–Trinajstić information content (AvgIpc) is 2.71. The van der Waals surface area contributed by atoms with Gasteiger partial charge in [-0.15, -0.1) is 0 Å². The van der Waals surface area contributed by atoms with Crippen LogP contribution in [0.2, 0.25) is 0 Å². The molecule has 2 aliphatic carbocycles. The minimum atomic E-state index is -0.263. The molecule has 3 atom stereocenters. The molecule has 11 heavy (non-hydrogen) atoms. The van der Waals surface area contributed by atoms with Crippen LogP contribution in [0, 0.1) is 17.8 Å². The summed E-state index contributed by atoms with van der Waals surface area (Å²) in [6.07, 6.45) is 4.86. The largest absolute Gasteiger partial charge is 0.390 e. The minimum absolute atomic E-state index is 0.263. The van der Waals surface area contributed by atoms with Crippen LogP contribution in [0.5, 0.6) is 0 Å². The number of aliphatic hydroxyl groups is 1. The predicted molar refractivity (Wildman–Crippen MR) is 45.2 cm³/mol. The van der Waals surface area contributed by atoms with Crippen molar-refractivity contribution in [3.63, 3.8) is 0 Å². The maximum absolute atomic E-state index is 10.1. The monoisotopic (exact) mass is 154 g/mol. The second-order valence-corrected chi connectivity index (χ2v) is 4.72. The molecule has 0 amide bonds. The third kappa shape index (κ3) is 1.20. The lowest BCUT2D eigenvalue weighted by Crippen LogP contribution is -2.51. The molecule has 0 bridgehead atoms. The highest BCUT2D eigenvalue weighted by Gasteiger charge is 2.49. The second-order valence-electron chi connectivity index (χ2n) is 4.72. The predicted octanol–water partition coefficient (Wildman–Crippen LogP) is 2.19. The molecule has 0 heterocycles. The molecule has 0 spiro atoms. The molecule has 0 saturated heterocycles. The zero-order valence-corrected chi connectivity index (χ0v) is 7.51. The lowest BCUT2D eigenvalue weighted by atomic mass is 9.61. The standard InChI is InChI=1S/C10H18O/c1-7-5-10(11,8(7)2)6-9-3-4-9/h7-9,11H,3-6H2,1-2H3. The lowest BCUT2D eigenvalue weighted by Gasteiger charge is -2.49. The zero-order chi connectivity index (χ0) is 8.06. The molecule has 2 fully saturated rings. The Kier molecular flexibility index (Phi) is 1.54. The van der Waals surface area contributed by atoms with Gasteiger partial charge < -0.3 is 5.11 Å². The van der Waals surface area contributed by atoms with Crippen molar-refractivity contribution in [1.29, 1.82) is 0 Å². The third-order valence-electron chi connectivity index (χ3n) is 3.72. The van der Waals surface area contributed by atoms with Crippen LogP contribution >= 0.6 is 0 Å². The number of hydrogen-bond donors (Lipinski definition) is 1. The molecule has 2 saturated carbocycles. The Bertz CT molecular complexity index is 162. The molecule has 2 aliphatic rings. The van der Waals surface area contributed by atoms with Gasteiger partial charge in [-0.05, 0) is 30.6 Å². The van der Waals surface area contributed by atoms with Gasteiger partial charge >= 0.3 is 0 Å². The summed E-state index contributed by atoms with van der Waals surface area (Å²) in [6, 6.07) is 0. The highest BCUT2D eigenvalue weighted by atomic mass is 16.3. The zero-order valence-electron chi connectivity index (χ0n) is 7.51. The minimum Gasteiger partial charge on any atom is -0.390 e. The van der Waals surface area contributed by atoms with E-state index in [1.54, 1.807) is 0 Å². The van der Waals surface area contributed by atoms with Crippen molar-refractivity contribution < 1.29 is 5.11 Å². The van der Waals surface area contributed by atoms with Crippen molar-refractivity contribution in [1.82, 2.24) is 0 Å². The normalized spacial score (nSPS) is 50.5. The van der Waals surface area contributed by atoms with Gasteiger partial charge in [0.2, 0.25) is 0 Å². The van der Waals surface area contributed by atoms with Crippen LogP contribution in [0.1, 0.15) is 39.5 Å². The van der Waals surface area contributed by atoms with E-state index in [0.29, 0.717) is 5.92 Å². The van der Waals surface area contributed by atoms with Crippen LogP contribution in [0.3, 0.4) is 0 Å². The van der Waals surface area contributed by atoms with E-state index < -0.39 is 0 Å². The van der Waals surface area contributed by atoms with Crippen molar-refractivity contribution >= 4 is 0 Å².